The van der Waals surface area contributed by atoms with Crippen LogP contribution in [0.1, 0.15) is 30.1 Å². The van der Waals surface area contributed by atoms with Crippen LogP contribution in [-0.2, 0) is 0 Å². The highest BCUT2D eigenvalue weighted by molar-refractivity contribution is 5.94. The Balaban J connectivity index is 2.55. The first kappa shape index (κ1) is 11.7. The van der Waals surface area contributed by atoms with Gasteiger partial charge in [-0.05, 0) is 18.6 Å². The maximum atomic E-state index is 11.6. The molecule has 2 N–H and O–H groups in total. The normalized spacial score (nSPS) is 12.1. The van der Waals surface area contributed by atoms with Crippen molar-refractivity contribution in [2.24, 2.45) is 0 Å². The molecule has 3 heteroatoms. The number of hydrogen-bond donors (Lipinski definition) is 2. The molecule has 0 bridgehead atoms. The van der Waals surface area contributed by atoms with E-state index in [-0.39, 0.29) is 18.6 Å². The molecule has 1 radical (unpaired) electrons. The van der Waals surface area contributed by atoms with Gasteiger partial charge in [-0.1, -0.05) is 31.5 Å². The molecule has 0 aliphatic heterocycles. The fraction of sp³-hybridized carbons (Fsp3) is 0.417. The van der Waals surface area contributed by atoms with Gasteiger partial charge in [0, 0.05) is 5.56 Å². The van der Waals surface area contributed by atoms with Crippen molar-refractivity contribution in [1.29, 1.82) is 0 Å². The van der Waals surface area contributed by atoms with Gasteiger partial charge in [0.1, 0.15) is 0 Å². The molecule has 0 heterocycles. The van der Waals surface area contributed by atoms with Gasteiger partial charge in [-0.2, -0.15) is 0 Å². The second-order valence-corrected chi connectivity index (χ2v) is 3.42. The third kappa shape index (κ3) is 3.72. The van der Waals surface area contributed by atoms with E-state index < -0.39 is 0 Å². The van der Waals surface area contributed by atoms with E-state index in [2.05, 4.69) is 11.4 Å². The van der Waals surface area contributed by atoms with Gasteiger partial charge in [-0.3, -0.25) is 4.79 Å². The average molecular weight is 206 g/mol. The highest BCUT2D eigenvalue weighted by atomic mass is 16.3. The van der Waals surface area contributed by atoms with Crippen molar-refractivity contribution in [3.05, 3.63) is 35.9 Å². The molecule has 1 unspecified atom stereocenters. The van der Waals surface area contributed by atoms with E-state index in [9.17, 15) is 4.79 Å². The smallest absolute Gasteiger partial charge is 0.252 e. The van der Waals surface area contributed by atoms with Crippen LogP contribution in [0.25, 0.3) is 0 Å². The third-order valence-electron chi connectivity index (χ3n) is 2.15. The minimum Gasteiger partial charge on any atom is -0.394 e. The molecule has 0 spiro atoms. The number of hydrogen-bond acceptors (Lipinski definition) is 2. The van der Waals surface area contributed by atoms with Gasteiger partial charge < -0.3 is 10.4 Å². The summed E-state index contributed by atoms with van der Waals surface area (Å²) in [5, 5.41) is 11.8. The molecule has 1 aromatic carbocycles. The average Bonchev–Trinajstić information content (AvgIpc) is 2.29. The Bertz CT molecular complexity index is 298. The summed E-state index contributed by atoms with van der Waals surface area (Å²) in [7, 11) is 0. The highest BCUT2D eigenvalue weighted by Crippen LogP contribution is 2.00. The van der Waals surface area contributed by atoms with E-state index in [0.29, 0.717) is 5.56 Å². The highest BCUT2D eigenvalue weighted by Gasteiger charge is 2.11. The molecular formula is C12H16NO2. The fourth-order valence-corrected chi connectivity index (χ4v) is 1.36. The topological polar surface area (TPSA) is 49.3 Å². The zero-order valence-electron chi connectivity index (χ0n) is 8.86. The molecule has 1 amide bonds. The Hall–Kier alpha value is -1.35. The lowest BCUT2D eigenvalue weighted by Gasteiger charge is -2.14. The lowest BCUT2D eigenvalue weighted by Crippen LogP contribution is -2.37. The molecule has 0 saturated heterocycles. The molecule has 81 valence electrons. The fourth-order valence-electron chi connectivity index (χ4n) is 1.36. The molecule has 0 saturated carbocycles. The lowest BCUT2D eigenvalue weighted by molar-refractivity contribution is 0.0912. The summed E-state index contributed by atoms with van der Waals surface area (Å²) in [6.45, 7) is 2.00. The van der Waals surface area contributed by atoms with Crippen molar-refractivity contribution in [3.8, 4) is 0 Å². The largest absolute Gasteiger partial charge is 0.394 e. The summed E-state index contributed by atoms with van der Waals surface area (Å²) in [4.78, 5) is 11.6. The van der Waals surface area contributed by atoms with Crippen LogP contribution in [0, 0.1) is 6.07 Å². The van der Waals surface area contributed by atoms with Crippen molar-refractivity contribution in [2.45, 2.75) is 25.8 Å². The summed E-state index contributed by atoms with van der Waals surface area (Å²) in [5.74, 6) is -0.178. The number of nitrogens with one attached hydrogen (secondary N) is 1. The monoisotopic (exact) mass is 206 g/mol. The number of carbonyl (C=O) groups is 1. The van der Waals surface area contributed by atoms with Crippen molar-refractivity contribution < 1.29 is 9.90 Å². The summed E-state index contributed by atoms with van der Waals surface area (Å²) in [6.07, 6.45) is 1.72. The van der Waals surface area contributed by atoms with Crippen LogP contribution in [0.4, 0.5) is 0 Å². The van der Waals surface area contributed by atoms with Gasteiger partial charge in [-0.15, -0.1) is 0 Å². The van der Waals surface area contributed by atoms with Gasteiger partial charge in [0.2, 0.25) is 0 Å². The molecule has 1 rings (SSSR count). The number of amides is 1. The van der Waals surface area contributed by atoms with Crippen molar-refractivity contribution >= 4 is 5.91 Å². The molecule has 0 aromatic heterocycles. The van der Waals surface area contributed by atoms with Crippen molar-refractivity contribution in [2.75, 3.05) is 6.61 Å². The first-order valence-electron chi connectivity index (χ1n) is 5.16. The summed E-state index contributed by atoms with van der Waals surface area (Å²) < 4.78 is 0. The van der Waals surface area contributed by atoms with Crippen LogP contribution in [0.15, 0.2) is 24.3 Å². The maximum Gasteiger partial charge on any atom is 0.252 e. The van der Waals surface area contributed by atoms with E-state index in [1.165, 1.54) is 0 Å². The summed E-state index contributed by atoms with van der Waals surface area (Å²) in [5.41, 5.74) is 0.507. The number of benzene rings is 1. The quantitative estimate of drug-likeness (QED) is 0.764. The van der Waals surface area contributed by atoms with E-state index in [0.717, 1.165) is 12.8 Å². The molecule has 0 aliphatic carbocycles. The molecule has 1 atom stereocenters. The molecule has 15 heavy (non-hydrogen) atoms. The second-order valence-electron chi connectivity index (χ2n) is 3.42. The first-order chi connectivity index (χ1) is 7.27. The van der Waals surface area contributed by atoms with Crippen LogP contribution < -0.4 is 5.32 Å². The van der Waals surface area contributed by atoms with Gasteiger partial charge in [-0.25, -0.2) is 0 Å². The maximum absolute atomic E-state index is 11.6. The van der Waals surface area contributed by atoms with E-state index in [1.54, 1.807) is 18.2 Å². The van der Waals surface area contributed by atoms with Crippen LogP contribution in [-0.4, -0.2) is 23.7 Å². The number of aliphatic hydroxyl groups excluding tert-OH is 1. The van der Waals surface area contributed by atoms with Crippen molar-refractivity contribution in [3.63, 3.8) is 0 Å². The van der Waals surface area contributed by atoms with Crippen LogP contribution in [0.5, 0.6) is 0 Å². The SMILES string of the molecule is CCCC(CO)NC(=O)c1[c]cccc1. The van der Waals surface area contributed by atoms with Crippen LogP contribution in [0.3, 0.4) is 0 Å². The number of rotatable bonds is 5. The minimum atomic E-state index is -0.178. The van der Waals surface area contributed by atoms with E-state index in [4.69, 9.17) is 5.11 Å². The van der Waals surface area contributed by atoms with Gasteiger partial charge in [0.15, 0.2) is 0 Å². The molecule has 0 aliphatic rings. The predicted molar refractivity (Wildman–Crippen MR) is 58.5 cm³/mol. The number of carbonyl (C=O) groups excluding carboxylic acids is 1. The number of aliphatic hydroxyl groups is 1. The Morgan fingerprint density at radius 2 is 2.40 bits per heavy atom. The Morgan fingerprint density at radius 1 is 1.60 bits per heavy atom. The predicted octanol–water partition coefficient (Wildman–Crippen LogP) is 1.38. The molecular weight excluding hydrogens is 190 g/mol. The van der Waals surface area contributed by atoms with E-state index >= 15 is 0 Å². The zero-order valence-corrected chi connectivity index (χ0v) is 8.86. The third-order valence-corrected chi connectivity index (χ3v) is 2.15. The first-order valence-corrected chi connectivity index (χ1v) is 5.16. The Labute approximate surface area is 90.1 Å². The Kier molecular flexibility index (Phi) is 4.84. The van der Waals surface area contributed by atoms with Crippen LogP contribution in [0.2, 0.25) is 0 Å². The molecule has 3 nitrogen and oxygen atoms in total. The zero-order chi connectivity index (χ0) is 11.1. The molecule has 0 fully saturated rings. The minimum absolute atomic E-state index is 0.0214. The van der Waals surface area contributed by atoms with E-state index in [1.807, 2.05) is 13.0 Å². The van der Waals surface area contributed by atoms with Gasteiger partial charge in [0.05, 0.1) is 12.6 Å². The summed E-state index contributed by atoms with van der Waals surface area (Å²) >= 11 is 0. The van der Waals surface area contributed by atoms with Crippen molar-refractivity contribution in [1.82, 2.24) is 5.32 Å². The molecule has 1 aromatic rings. The van der Waals surface area contributed by atoms with Crippen LogP contribution >= 0.6 is 0 Å². The second kappa shape index (κ2) is 6.19. The summed E-state index contributed by atoms with van der Waals surface area (Å²) in [6, 6.07) is 9.69. The lowest BCUT2D eigenvalue weighted by atomic mass is 10.1. The van der Waals surface area contributed by atoms with Gasteiger partial charge in [0.25, 0.3) is 5.91 Å². The van der Waals surface area contributed by atoms with Gasteiger partial charge >= 0.3 is 0 Å². The standard InChI is InChI=1S/C12H16NO2/c1-2-6-11(9-14)13-12(15)10-7-4-3-5-8-10/h3-5,7,11,14H,2,6,9H2,1H3,(H,13,15). The Morgan fingerprint density at radius 3 is 2.93 bits per heavy atom.